The van der Waals surface area contributed by atoms with Gasteiger partial charge in [0.2, 0.25) is 0 Å². The third-order valence-corrected chi connectivity index (χ3v) is 15.1. The van der Waals surface area contributed by atoms with E-state index < -0.39 is 0 Å². The largest absolute Gasteiger partial charge is 0.497 e. The van der Waals surface area contributed by atoms with Crippen LogP contribution < -0.4 is 0 Å². The average Bonchev–Trinajstić information content (AvgIpc) is 3.82. The van der Waals surface area contributed by atoms with Gasteiger partial charge in [0, 0.05) is 5.92 Å². The third kappa shape index (κ3) is 7.13. The molecular weight excluding hydrogens is 809 g/mol. The topological polar surface area (TPSA) is 9.23 Å². The van der Waals surface area contributed by atoms with E-state index in [9.17, 15) is 0 Å². The Kier molecular flexibility index (Phi) is 9.88. The van der Waals surface area contributed by atoms with Crippen molar-refractivity contribution in [3.8, 4) is 44.5 Å². The molecule has 1 nitrogen and oxygen atoms in total. The van der Waals surface area contributed by atoms with Gasteiger partial charge in [-0.15, -0.1) is 0 Å². The summed E-state index contributed by atoms with van der Waals surface area (Å²) in [5, 5.41) is 7.58. The van der Waals surface area contributed by atoms with E-state index in [1.165, 1.54) is 127 Å². The minimum atomic E-state index is -0.0255. The van der Waals surface area contributed by atoms with Crippen molar-refractivity contribution in [3.05, 3.63) is 209 Å². The Morgan fingerprint density at radius 2 is 1.19 bits per heavy atom. The lowest BCUT2D eigenvalue weighted by Gasteiger charge is -2.30. The lowest BCUT2D eigenvalue weighted by atomic mass is 9.74. The summed E-state index contributed by atoms with van der Waals surface area (Å²) in [6.45, 7) is 25.7. The molecular formula is C66H62O. The molecule has 3 aliphatic carbocycles. The van der Waals surface area contributed by atoms with Gasteiger partial charge in [-0.1, -0.05) is 196 Å². The van der Waals surface area contributed by atoms with Gasteiger partial charge in [0.25, 0.3) is 0 Å². The summed E-state index contributed by atoms with van der Waals surface area (Å²) in [5.74, 6) is 0.824. The molecule has 332 valence electrons. The second kappa shape index (κ2) is 15.4. The standard InChI is InChI=1S/C66H62O/c1-39(67-11)28-56-62-54-36-46-30-43-24-17-18-27-51(43)59(47-32-49(65(5,6)7)37-50(33-47)66(8,9)10)60(46)55(54)38-53(44-25-19-26-48(31-44)64(2,3)4)61(62)57-35-45-29-41-22-15-16-23-42(41)34-52(45)58(63(56)57)40-20-13-12-14-21-40/h12-30,32-35,37-38,44H,1,31,36H2,2-11H3/b56-28+. The molecule has 0 N–H and O–H groups in total. The van der Waals surface area contributed by atoms with Crippen LogP contribution in [0.4, 0.5) is 0 Å². The number of benzene rings is 8. The number of hydrogen-bond acceptors (Lipinski definition) is 1. The molecule has 0 aromatic heterocycles. The van der Waals surface area contributed by atoms with Crippen LogP contribution in [0, 0.1) is 5.41 Å². The monoisotopic (exact) mass is 870 g/mol. The molecule has 0 fully saturated rings. The fourth-order valence-corrected chi connectivity index (χ4v) is 11.4. The van der Waals surface area contributed by atoms with Crippen molar-refractivity contribution in [2.45, 2.75) is 91.9 Å². The molecule has 0 saturated heterocycles. The van der Waals surface area contributed by atoms with Crippen molar-refractivity contribution in [2.24, 2.45) is 5.41 Å². The summed E-state index contributed by atoms with van der Waals surface area (Å²) in [4.78, 5) is 0. The predicted molar refractivity (Wildman–Crippen MR) is 288 cm³/mol. The van der Waals surface area contributed by atoms with E-state index >= 15 is 0 Å². The number of methoxy groups -OCH3 is 1. The number of fused-ring (bicyclic) bond motifs is 10. The van der Waals surface area contributed by atoms with E-state index in [1.807, 2.05) is 0 Å². The molecule has 0 aliphatic heterocycles. The average molecular weight is 871 g/mol. The summed E-state index contributed by atoms with van der Waals surface area (Å²) >= 11 is 0. The van der Waals surface area contributed by atoms with E-state index in [2.05, 4.69) is 221 Å². The second-order valence-electron chi connectivity index (χ2n) is 22.6. The maximum atomic E-state index is 6.03. The Morgan fingerprint density at radius 3 is 1.87 bits per heavy atom. The predicted octanol–water partition coefficient (Wildman–Crippen LogP) is 18.2. The van der Waals surface area contributed by atoms with Crippen molar-refractivity contribution in [1.82, 2.24) is 0 Å². The van der Waals surface area contributed by atoms with E-state index in [-0.39, 0.29) is 22.2 Å². The molecule has 0 radical (unpaired) electrons. The molecule has 1 heteroatoms. The van der Waals surface area contributed by atoms with Crippen LogP contribution in [0.2, 0.25) is 0 Å². The summed E-state index contributed by atoms with van der Waals surface area (Å²) < 4.78 is 6.03. The smallest absolute Gasteiger partial charge is 0.112 e. The first-order chi connectivity index (χ1) is 32.0. The number of allylic oxidation sites excluding steroid dienone is 5. The molecule has 0 amide bonds. The molecule has 1 unspecified atom stereocenters. The maximum Gasteiger partial charge on any atom is 0.112 e. The van der Waals surface area contributed by atoms with Crippen LogP contribution in [-0.2, 0) is 22.0 Å². The van der Waals surface area contributed by atoms with Crippen molar-refractivity contribution in [1.29, 1.82) is 0 Å². The van der Waals surface area contributed by atoms with Crippen molar-refractivity contribution in [3.63, 3.8) is 0 Å². The van der Waals surface area contributed by atoms with Gasteiger partial charge in [-0.05, 0) is 181 Å². The fourth-order valence-electron chi connectivity index (χ4n) is 11.4. The van der Waals surface area contributed by atoms with Crippen LogP contribution in [0.5, 0.6) is 0 Å². The van der Waals surface area contributed by atoms with Crippen LogP contribution in [-0.4, -0.2) is 7.11 Å². The fraction of sp³-hybridized carbons (Fsp3) is 0.242. The summed E-state index contributed by atoms with van der Waals surface area (Å²) in [7, 11) is 1.75. The molecule has 67 heavy (non-hydrogen) atoms. The van der Waals surface area contributed by atoms with Crippen molar-refractivity contribution in [2.75, 3.05) is 7.11 Å². The van der Waals surface area contributed by atoms with Gasteiger partial charge in [0.15, 0.2) is 0 Å². The molecule has 8 aromatic carbocycles. The maximum absolute atomic E-state index is 6.03. The van der Waals surface area contributed by atoms with E-state index in [4.69, 9.17) is 4.74 Å². The molecule has 0 heterocycles. The number of ether oxygens (including phenoxy) is 1. The normalized spacial score (nSPS) is 16.1. The van der Waals surface area contributed by atoms with Crippen LogP contribution >= 0.6 is 0 Å². The van der Waals surface area contributed by atoms with E-state index in [1.54, 1.807) is 7.11 Å². The van der Waals surface area contributed by atoms with E-state index in [0.717, 1.165) is 12.8 Å². The van der Waals surface area contributed by atoms with E-state index in [0.29, 0.717) is 5.76 Å². The molecule has 3 aliphatic rings. The Hall–Kier alpha value is -6.70. The Bertz CT molecular complexity index is 3460. The van der Waals surface area contributed by atoms with Crippen molar-refractivity contribution >= 4 is 37.9 Å². The van der Waals surface area contributed by atoms with Crippen LogP contribution in [0.3, 0.4) is 0 Å². The lowest BCUT2D eigenvalue weighted by molar-refractivity contribution is 0.309. The van der Waals surface area contributed by atoms with Crippen LogP contribution in [0.25, 0.3) is 82.4 Å². The summed E-state index contributed by atoms with van der Waals surface area (Å²) in [5.41, 5.74) is 22.6. The van der Waals surface area contributed by atoms with Crippen LogP contribution in [0.15, 0.2) is 170 Å². The Balaban J connectivity index is 1.30. The number of rotatable bonds is 5. The molecule has 0 saturated carbocycles. The highest BCUT2D eigenvalue weighted by molar-refractivity contribution is 6.19. The zero-order chi connectivity index (χ0) is 46.7. The van der Waals surface area contributed by atoms with Gasteiger partial charge in [-0.25, -0.2) is 0 Å². The van der Waals surface area contributed by atoms with Gasteiger partial charge >= 0.3 is 0 Å². The first-order valence-electron chi connectivity index (χ1n) is 24.3. The first-order valence-corrected chi connectivity index (χ1v) is 24.3. The SMILES string of the molecule is C=C(/C=C1\c2c3c(cc(C4C=CC=C(C(C)(C)C)C4)c2-c2cc4cc5ccccc5cc4c(-c4ccccc4)c21)-c1c(cc2ccccc2c1-c1cc(C(C)(C)C)cc(C(C)(C)C)c1)C3)OC. The Morgan fingerprint density at radius 1 is 0.552 bits per heavy atom. The van der Waals surface area contributed by atoms with Crippen molar-refractivity contribution < 1.29 is 4.74 Å². The van der Waals surface area contributed by atoms with Gasteiger partial charge < -0.3 is 4.74 Å². The molecule has 0 bridgehead atoms. The zero-order valence-corrected chi connectivity index (χ0v) is 41.0. The van der Waals surface area contributed by atoms with Crippen LogP contribution in [0.1, 0.15) is 114 Å². The minimum Gasteiger partial charge on any atom is -0.497 e. The second-order valence-corrected chi connectivity index (χ2v) is 22.6. The molecule has 11 rings (SSSR count). The highest BCUT2D eigenvalue weighted by Gasteiger charge is 2.39. The highest BCUT2D eigenvalue weighted by Crippen LogP contribution is 2.60. The Labute approximate surface area is 398 Å². The zero-order valence-electron chi connectivity index (χ0n) is 41.0. The number of hydrogen-bond donors (Lipinski definition) is 0. The quantitative estimate of drug-likeness (QED) is 0.124. The first kappa shape index (κ1) is 42.9. The lowest BCUT2D eigenvalue weighted by Crippen LogP contribution is -2.16. The van der Waals surface area contributed by atoms with Gasteiger partial charge in [-0.2, -0.15) is 0 Å². The van der Waals surface area contributed by atoms with Gasteiger partial charge in [0.05, 0.1) is 7.11 Å². The minimum absolute atomic E-state index is 0.0255. The highest BCUT2D eigenvalue weighted by atomic mass is 16.5. The van der Waals surface area contributed by atoms with Gasteiger partial charge in [0.1, 0.15) is 5.76 Å². The van der Waals surface area contributed by atoms with Gasteiger partial charge in [-0.3, -0.25) is 0 Å². The summed E-state index contributed by atoms with van der Waals surface area (Å²) in [6, 6.07) is 48.9. The third-order valence-electron chi connectivity index (χ3n) is 15.1. The summed E-state index contributed by atoms with van der Waals surface area (Å²) in [6.07, 6.45) is 11.2. The molecule has 0 spiro atoms. The molecule has 8 aromatic rings. The molecule has 1 atom stereocenters.